The minimum atomic E-state index is 0.0158. The summed E-state index contributed by atoms with van der Waals surface area (Å²) >= 11 is 0. The second kappa shape index (κ2) is 7.22. The number of nitrogens with zero attached hydrogens (tertiary/aromatic N) is 2. The van der Waals surface area contributed by atoms with Crippen molar-refractivity contribution < 1.29 is 9.59 Å². The van der Waals surface area contributed by atoms with Crippen LogP contribution in [-0.2, 0) is 16.0 Å². The van der Waals surface area contributed by atoms with E-state index >= 15 is 0 Å². The molecular weight excluding hydrogens is 290 g/mol. The zero-order valence-electron chi connectivity index (χ0n) is 13.1. The van der Waals surface area contributed by atoms with Gasteiger partial charge in [-0.2, -0.15) is 0 Å². The normalized spacial score (nSPS) is 14.4. The van der Waals surface area contributed by atoms with Crippen LogP contribution in [-0.4, -0.2) is 41.3 Å². The van der Waals surface area contributed by atoms with Crippen molar-refractivity contribution in [3.63, 3.8) is 0 Å². The van der Waals surface area contributed by atoms with Gasteiger partial charge in [-0.15, -0.1) is 0 Å². The summed E-state index contributed by atoms with van der Waals surface area (Å²) in [4.78, 5) is 29.6. The summed E-state index contributed by atoms with van der Waals surface area (Å²) in [5, 5.41) is 5.06. The number of hydrogen-bond acceptors (Lipinski definition) is 3. The molecule has 2 amide bonds. The molecule has 1 aromatic heterocycles. The van der Waals surface area contributed by atoms with E-state index < -0.39 is 0 Å². The molecule has 0 spiro atoms. The average Bonchev–Trinajstić information content (AvgIpc) is 2.97. The number of benzene rings is 1. The molecule has 5 heteroatoms. The number of pyridine rings is 1. The zero-order chi connectivity index (χ0) is 16.1. The number of likely N-dealkylation sites (tertiary alicyclic amines) is 1. The van der Waals surface area contributed by atoms with Crippen LogP contribution in [0, 0.1) is 0 Å². The molecule has 0 unspecified atom stereocenters. The fraction of sp³-hybridized carbons (Fsp3) is 0.389. The largest absolute Gasteiger partial charge is 0.356 e. The first-order valence-corrected chi connectivity index (χ1v) is 8.10. The SMILES string of the molecule is O=C(Cc1cccc2cnccc12)NCCCN1CCCC1=O. The molecule has 2 heterocycles. The quantitative estimate of drug-likeness (QED) is 0.829. The Kier molecular flexibility index (Phi) is 4.86. The van der Waals surface area contributed by atoms with Crippen LogP contribution in [0.5, 0.6) is 0 Å². The van der Waals surface area contributed by atoms with Crippen molar-refractivity contribution in [2.24, 2.45) is 0 Å². The molecule has 0 aliphatic carbocycles. The lowest BCUT2D eigenvalue weighted by Gasteiger charge is -2.15. The highest BCUT2D eigenvalue weighted by Gasteiger charge is 2.19. The lowest BCUT2D eigenvalue weighted by molar-refractivity contribution is -0.127. The number of carbonyl (C=O) groups is 2. The Morgan fingerprint density at radius 1 is 1.30 bits per heavy atom. The molecule has 0 atom stereocenters. The van der Waals surface area contributed by atoms with Gasteiger partial charge in [-0.05, 0) is 29.9 Å². The van der Waals surface area contributed by atoms with Crippen LogP contribution in [0.25, 0.3) is 10.8 Å². The van der Waals surface area contributed by atoms with Gasteiger partial charge >= 0.3 is 0 Å². The first-order valence-electron chi connectivity index (χ1n) is 8.10. The van der Waals surface area contributed by atoms with Gasteiger partial charge in [0.05, 0.1) is 6.42 Å². The van der Waals surface area contributed by atoms with Gasteiger partial charge in [0, 0.05) is 43.8 Å². The molecule has 2 aromatic rings. The van der Waals surface area contributed by atoms with Gasteiger partial charge in [0.25, 0.3) is 0 Å². The number of fused-ring (bicyclic) bond motifs is 1. The van der Waals surface area contributed by atoms with E-state index in [1.165, 1.54) is 0 Å². The van der Waals surface area contributed by atoms with Gasteiger partial charge in [-0.1, -0.05) is 18.2 Å². The van der Waals surface area contributed by atoms with Crippen molar-refractivity contribution in [1.82, 2.24) is 15.2 Å². The predicted molar refractivity (Wildman–Crippen MR) is 88.9 cm³/mol. The highest BCUT2D eigenvalue weighted by atomic mass is 16.2. The maximum absolute atomic E-state index is 12.1. The number of carbonyl (C=O) groups excluding carboxylic acids is 2. The highest BCUT2D eigenvalue weighted by Crippen LogP contribution is 2.17. The molecule has 3 rings (SSSR count). The van der Waals surface area contributed by atoms with Crippen LogP contribution in [0.1, 0.15) is 24.8 Å². The van der Waals surface area contributed by atoms with Crippen LogP contribution in [0.3, 0.4) is 0 Å². The minimum absolute atomic E-state index is 0.0158. The number of hydrogen-bond donors (Lipinski definition) is 1. The van der Waals surface area contributed by atoms with Crippen molar-refractivity contribution in [2.75, 3.05) is 19.6 Å². The summed E-state index contributed by atoms with van der Waals surface area (Å²) in [6.07, 6.45) is 6.35. The Morgan fingerprint density at radius 3 is 3.04 bits per heavy atom. The molecule has 0 bridgehead atoms. The number of amides is 2. The molecule has 1 aromatic carbocycles. The van der Waals surface area contributed by atoms with E-state index in [0.717, 1.165) is 42.3 Å². The fourth-order valence-corrected chi connectivity index (χ4v) is 3.02. The van der Waals surface area contributed by atoms with Crippen LogP contribution in [0.15, 0.2) is 36.7 Å². The second-order valence-corrected chi connectivity index (χ2v) is 5.88. The standard InChI is InChI=1S/C18H21N3O2/c22-17(20-8-3-11-21-10-2-6-18(21)23)12-14-4-1-5-15-13-19-9-7-16(14)15/h1,4-5,7,9,13H,2-3,6,8,10-12H2,(H,20,22). The van der Waals surface area contributed by atoms with Crippen LogP contribution < -0.4 is 5.32 Å². The molecular formula is C18H21N3O2. The summed E-state index contributed by atoms with van der Waals surface area (Å²) in [6, 6.07) is 7.87. The first kappa shape index (κ1) is 15.5. The Balaban J connectivity index is 1.48. The van der Waals surface area contributed by atoms with Crippen molar-refractivity contribution in [1.29, 1.82) is 0 Å². The van der Waals surface area contributed by atoms with Gasteiger partial charge in [0.1, 0.15) is 0 Å². The maximum Gasteiger partial charge on any atom is 0.224 e. The fourth-order valence-electron chi connectivity index (χ4n) is 3.02. The van der Waals surface area contributed by atoms with Crippen molar-refractivity contribution in [3.8, 4) is 0 Å². The third-order valence-electron chi connectivity index (χ3n) is 4.22. The van der Waals surface area contributed by atoms with Gasteiger partial charge in [0.15, 0.2) is 0 Å². The monoisotopic (exact) mass is 311 g/mol. The smallest absolute Gasteiger partial charge is 0.224 e. The topological polar surface area (TPSA) is 62.3 Å². The van der Waals surface area contributed by atoms with Crippen molar-refractivity contribution >= 4 is 22.6 Å². The first-order chi connectivity index (χ1) is 11.2. The Hall–Kier alpha value is -2.43. The van der Waals surface area contributed by atoms with E-state index in [4.69, 9.17) is 0 Å². The maximum atomic E-state index is 12.1. The van der Waals surface area contributed by atoms with E-state index in [-0.39, 0.29) is 11.8 Å². The van der Waals surface area contributed by atoms with Crippen LogP contribution >= 0.6 is 0 Å². The molecule has 0 radical (unpaired) electrons. The Bertz CT molecular complexity index is 709. The molecule has 23 heavy (non-hydrogen) atoms. The van der Waals surface area contributed by atoms with Gasteiger partial charge in [-0.3, -0.25) is 14.6 Å². The minimum Gasteiger partial charge on any atom is -0.356 e. The predicted octanol–water partition coefficient (Wildman–Crippen LogP) is 1.91. The molecule has 1 N–H and O–H groups in total. The van der Waals surface area contributed by atoms with E-state index in [0.29, 0.717) is 19.4 Å². The van der Waals surface area contributed by atoms with Gasteiger partial charge < -0.3 is 10.2 Å². The average molecular weight is 311 g/mol. The highest BCUT2D eigenvalue weighted by molar-refractivity contribution is 5.89. The molecule has 120 valence electrons. The molecule has 1 saturated heterocycles. The molecule has 1 aliphatic heterocycles. The van der Waals surface area contributed by atoms with Crippen LogP contribution in [0.4, 0.5) is 0 Å². The lowest BCUT2D eigenvalue weighted by atomic mass is 10.0. The summed E-state index contributed by atoms with van der Waals surface area (Å²) in [6.45, 7) is 2.20. The van der Waals surface area contributed by atoms with Crippen molar-refractivity contribution in [2.45, 2.75) is 25.7 Å². The Morgan fingerprint density at radius 2 is 2.22 bits per heavy atom. The third kappa shape index (κ3) is 3.86. The van der Waals surface area contributed by atoms with Gasteiger partial charge in [0.2, 0.25) is 11.8 Å². The lowest BCUT2D eigenvalue weighted by Crippen LogP contribution is -2.31. The molecule has 1 aliphatic rings. The van der Waals surface area contributed by atoms with E-state index in [1.54, 1.807) is 6.20 Å². The van der Waals surface area contributed by atoms with E-state index in [1.807, 2.05) is 35.4 Å². The van der Waals surface area contributed by atoms with E-state index in [2.05, 4.69) is 10.3 Å². The third-order valence-corrected chi connectivity index (χ3v) is 4.22. The molecule has 5 nitrogen and oxygen atoms in total. The van der Waals surface area contributed by atoms with Crippen LogP contribution in [0.2, 0.25) is 0 Å². The summed E-state index contributed by atoms with van der Waals surface area (Å²) in [5.41, 5.74) is 1.01. The summed E-state index contributed by atoms with van der Waals surface area (Å²) in [7, 11) is 0. The number of nitrogens with one attached hydrogen (secondary N) is 1. The summed E-state index contributed by atoms with van der Waals surface area (Å²) < 4.78 is 0. The zero-order valence-corrected chi connectivity index (χ0v) is 13.1. The Labute approximate surface area is 135 Å². The number of rotatable bonds is 6. The second-order valence-electron chi connectivity index (χ2n) is 5.88. The van der Waals surface area contributed by atoms with E-state index in [9.17, 15) is 9.59 Å². The van der Waals surface area contributed by atoms with Gasteiger partial charge in [-0.25, -0.2) is 0 Å². The van der Waals surface area contributed by atoms with Crippen molar-refractivity contribution in [3.05, 3.63) is 42.2 Å². The molecule has 1 fully saturated rings. The summed E-state index contributed by atoms with van der Waals surface area (Å²) in [5.74, 6) is 0.253. The molecule has 0 saturated carbocycles. The number of aromatic nitrogens is 1.